The lowest BCUT2D eigenvalue weighted by atomic mass is 10.0. The Morgan fingerprint density at radius 3 is 2.70 bits per heavy atom. The Morgan fingerprint density at radius 1 is 1.05 bits per heavy atom. The van der Waals surface area contributed by atoms with Crippen molar-refractivity contribution in [3.63, 3.8) is 0 Å². The number of nitrogens with zero attached hydrogens (tertiary/aromatic N) is 3. The highest BCUT2D eigenvalue weighted by Crippen LogP contribution is 2.42. The van der Waals surface area contributed by atoms with Crippen molar-refractivity contribution in [3.05, 3.63) is 81.7 Å². The molecule has 2 N–H and O–H groups in total. The lowest BCUT2D eigenvalue weighted by Crippen LogP contribution is -2.43. The van der Waals surface area contributed by atoms with Gasteiger partial charge in [0.25, 0.3) is 0 Å². The Morgan fingerprint density at radius 2 is 1.89 bits per heavy atom. The van der Waals surface area contributed by atoms with E-state index in [1.165, 1.54) is 22.3 Å². The molecule has 37 heavy (non-hydrogen) atoms. The van der Waals surface area contributed by atoms with Crippen LogP contribution in [0.3, 0.4) is 0 Å². The van der Waals surface area contributed by atoms with E-state index in [0.29, 0.717) is 4.90 Å². The molecule has 1 fully saturated rings. The van der Waals surface area contributed by atoms with Gasteiger partial charge in [0.2, 0.25) is 10.0 Å². The fourth-order valence-corrected chi connectivity index (χ4v) is 7.35. The Labute approximate surface area is 222 Å². The third-order valence-corrected chi connectivity index (χ3v) is 9.81. The second-order valence-electron chi connectivity index (χ2n) is 10.1. The van der Waals surface area contributed by atoms with Gasteiger partial charge in [0.1, 0.15) is 0 Å². The van der Waals surface area contributed by atoms with Gasteiger partial charge in [0.05, 0.1) is 21.2 Å². The second kappa shape index (κ2) is 9.81. The summed E-state index contributed by atoms with van der Waals surface area (Å²) in [6.07, 6.45) is 0.861. The molecule has 0 atom stereocenters. The maximum Gasteiger partial charge on any atom is 0.240 e. The van der Waals surface area contributed by atoms with E-state index in [4.69, 9.17) is 0 Å². The zero-order valence-corrected chi connectivity index (χ0v) is 22.8. The first-order valence-corrected chi connectivity index (χ1v) is 14.9. The van der Waals surface area contributed by atoms with Crippen molar-refractivity contribution in [1.82, 2.24) is 24.7 Å². The number of thiophene rings is 1. The number of H-pyrrole nitrogens is 1. The quantitative estimate of drug-likeness (QED) is 0.327. The average molecular weight is 534 g/mol. The van der Waals surface area contributed by atoms with Gasteiger partial charge in [-0.25, -0.2) is 13.1 Å². The number of piperazine rings is 1. The molecule has 192 valence electrons. The molecule has 0 amide bonds. The Bertz CT molecular complexity index is 1550. The van der Waals surface area contributed by atoms with Gasteiger partial charge in [-0.3, -0.25) is 10.00 Å². The summed E-state index contributed by atoms with van der Waals surface area (Å²) in [6.45, 7) is 7.61. The third-order valence-electron chi connectivity index (χ3n) is 7.31. The molecule has 4 aromatic rings. The zero-order valence-electron chi connectivity index (χ0n) is 21.1. The van der Waals surface area contributed by atoms with Gasteiger partial charge in [-0.1, -0.05) is 30.3 Å². The molecule has 0 radical (unpaired) electrons. The lowest BCUT2D eigenvalue weighted by molar-refractivity contribution is 0.148. The number of aromatic amines is 1. The summed E-state index contributed by atoms with van der Waals surface area (Å²) in [5.74, 6) is 0. The molecule has 0 unspecified atom stereocenters. The van der Waals surface area contributed by atoms with Crippen LogP contribution < -0.4 is 4.72 Å². The molecule has 2 aliphatic rings. The van der Waals surface area contributed by atoms with Gasteiger partial charge < -0.3 is 4.90 Å². The molecular formula is C28H31N5O2S2. The first-order chi connectivity index (χ1) is 17.9. The summed E-state index contributed by atoms with van der Waals surface area (Å²) in [5, 5.41) is 7.91. The molecule has 1 aliphatic carbocycles. The standard InChI is InChI=1S/C28H31N5O2S2/c1-19-4-3-5-23(14-19)37(34,35)29-17-22-7-9-26(36-22)28-25-16-21-15-20(6-8-24(21)27(25)30-31-28)18-33-12-10-32(2)11-13-33/h3-9,14-15,29H,10-13,16-18H2,1-2H3,(H,30,31). The molecule has 0 spiro atoms. The van der Waals surface area contributed by atoms with Crippen LogP contribution in [0.25, 0.3) is 21.8 Å². The molecule has 0 bridgehead atoms. The first kappa shape index (κ1) is 24.5. The van der Waals surface area contributed by atoms with Crippen molar-refractivity contribution in [1.29, 1.82) is 0 Å². The molecule has 1 aliphatic heterocycles. The summed E-state index contributed by atoms with van der Waals surface area (Å²) in [5.41, 5.74) is 8.11. The van der Waals surface area contributed by atoms with Gasteiger partial charge in [0.15, 0.2) is 0 Å². The van der Waals surface area contributed by atoms with Crippen molar-refractivity contribution in [2.45, 2.75) is 31.3 Å². The average Bonchev–Trinajstić information content (AvgIpc) is 3.59. The largest absolute Gasteiger partial charge is 0.304 e. The highest BCUT2D eigenvalue weighted by molar-refractivity contribution is 7.89. The molecule has 9 heteroatoms. The summed E-state index contributed by atoms with van der Waals surface area (Å²) in [4.78, 5) is 7.24. The van der Waals surface area contributed by atoms with Crippen LogP contribution in [0.15, 0.2) is 59.5 Å². The minimum Gasteiger partial charge on any atom is -0.304 e. The van der Waals surface area contributed by atoms with E-state index < -0.39 is 10.0 Å². The van der Waals surface area contributed by atoms with E-state index in [-0.39, 0.29) is 6.54 Å². The van der Waals surface area contributed by atoms with Gasteiger partial charge in [0, 0.05) is 61.7 Å². The number of rotatable bonds is 7. The first-order valence-electron chi connectivity index (χ1n) is 12.6. The Balaban J connectivity index is 1.15. The monoisotopic (exact) mass is 533 g/mol. The van der Waals surface area contributed by atoms with Crippen molar-refractivity contribution in [2.75, 3.05) is 33.2 Å². The predicted molar refractivity (Wildman–Crippen MR) is 148 cm³/mol. The predicted octanol–water partition coefficient (Wildman–Crippen LogP) is 4.24. The molecule has 1 saturated heterocycles. The van der Waals surface area contributed by atoms with Gasteiger partial charge in [-0.2, -0.15) is 5.10 Å². The summed E-state index contributed by atoms with van der Waals surface area (Å²) >= 11 is 1.59. The smallest absolute Gasteiger partial charge is 0.240 e. The second-order valence-corrected chi connectivity index (χ2v) is 13.0. The molecule has 6 rings (SSSR count). The van der Waals surface area contributed by atoms with Crippen molar-refractivity contribution < 1.29 is 8.42 Å². The van der Waals surface area contributed by atoms with Crippen LogP contribution in [0.1, 0.15) is 27.1 Å². The van der Waals surface area contributed by atoms with Crippen LogP contribution in [0.4, 0.5) is 0 Å². The molecule has 7 nitrogen and oxygen atoms in total. The fourth-order valence-electron chi connectivity index (χ4n) is 5.18. The van der Waals surface area contributed by atoms with Crippen LogP contribution >= 0.6 is 11.3 Å². The van der Waals surface area contributed by atoms with Crippen LogP contribution in [-0.2, 0) is 29.5 Å². The zero-order chi connectivity index (χ0) is 25.6. The number of aromatic nitrogens is 2. The number of nitrogens with one attached hydrogen (secondary N) is 2. The lowest BCUT2D eigenvalue weighted by Gasteiger charge is -2.32. The normalized spacial score (nSPS) is 16.2. The van der Waals surface area contributed by atoms with Crippen molar-refractivity contribution in [3.8, 4) is 21.8 Å². The number of fused-ring (bicyclic) bond motifs is 3. The number of likely N-dealkylation sites (N-methyl/N-ethyl adjacent to an activating group) is 1. The molecule has 0 saturated carbocycles. The minimum atomic E-state index is -3.56. The Kier molecular flexibility index (Phi) is 6.50. The summed E-state index contributed by atoms with van der Waals surface area (Å²) < 4.78 is 28.2. The van der Waals surface area contributed by atoms with Crippen LogP contribution in [0, 0.1) is 6.92 Å². The highest BCUT2D eigenvalue weighted by Gasteiger charge is 2.26. The fraction of sp³-hybridized carbons (Fsp3) is 0.321. The van der Waals surface area contributed by atoms with Crippen LogP contribution in [0.2, 0.25) is 0 Å². The number of sulfonamides is 1. The van der Waals surface area contributed by atoms with Crippen molar-refractivity contribution in [2.24, 2.45) is 0 Å². The Hall–Kier alpha value is -2.82. The highest BCUT2D eigenvalue weighted by atomic mass is 32.2. The number of aryl methyl sites for hydroxylation is 1. The van der Waals surface area contributed by atoms with Crippen molar-refractivity contribution >= 4 is 21.4 Å². The maximum absolute atomic E-state index is 12.7. The van der Waals surface area contributed by atoms with Gasteiger partial charge >= 0.3 is 0 Å². The van der Waals surface area contributed by atoms with E-state index >= 15 is 0 Å². The minimum absolute atomic E-state index is 0.257. The van der Waals surface area contributed by atoms with Crippen LogP contribution in [-0.4, -0.2) is 61.6 Å². The number of hydrogen-bond acceptors (Lipinski definition) is 6. The van der Waals surface area contributed by atoms with E-state index in [1.54, 1.807) is 29.5 Å². The summed E-state index contributed by atoms with van der Waals surface area (Å²) in [6, 6.07) is 17.8. The maximum atomic E-state index is 12.7. The summed E-state index contributed by atoms with van der Waals surface area (Å²) in [7, 11) is -1.37. The van der Waals surface area contributed by atoms with E-state index in [0.717, 1.165) is 65.9 Å². The molecule has 3 heterocycles. The number of hydrogen-bond donors (Lipinski definition) is 2. The molecule has 2 aromatic carbocycles. The third kappa shape index (κ3) is 5.02. The van der Waals surface area contributed by atoms with Gasteiger partial charge in [-0.15, -0.1) is 11.3 Å². The van der Waals surface area contributed by atoms with E-state index in [2.05, 4.69) is 56.0 Å². The number of benzene rings is 2. The van der Waals surface area contributed by atoms with Gasteiger partial charge in [-0.05, 0) is 54.9 Å². The molecular weight excluding hydrogens is 502 g/mol. The van der Waals surface area contributed by atoms with E-state index in [1.807, 2.05) is 19.1 Å². The SMILES string of the molecule is Cc1cccc(S(=O)(=O)NCc2ccc(-c3[nH]nc4c3Cc3cc(CN5CCN(C)CC5)ccc3-4)s2)c1. The van der Waals surface area contributed by atoms with Crippen LogP contribution in [0.5, 0.6) is 0 Å². The topological polar surface area (TPSA) is 81.3 Å². The van der Waals surface area contributed by atoms with E-state index in [9.17, 15) is 8.42 Å². The molecule has 2 aromatic heterocycles.